The largest absolute Gasteiger partial charge is 0.481 e. The molecule has 0 aromatic rings. The summed E-state index contributed by atoms with van der Waals surface area (Å²) >= 11 is 0. The molecule has 0 aromatic carbocycles. The molecule has 24 heavy (non-hydrogen) atoms. The van der Waals surface area contributed by atoms with Crippen molar-refractivity contribution in [3.05, 3.63) is 24.3 Å². The van der Waals surface area contributed by atoms with Gasteiger partial charge in [-0.1, -0.05) is 51.8 Å². The fourth-order valence-corrected chi connectivity index (χ4v) is 6.29. The van der Waals surface area contributed by atoms with Crippen LogP contribution in [-0.2, 0) is 4.79 Å². The summed E-state index contributed by atoms with van der Waals surface area (Å²) in [6.45, 7) is 13.4. The second-order valence-electron chi connectivity index (χ2n) is 9.47. The number of fused-ring (bicyclic) bond motifs is 3. The first kappa shape index (κ1) is 17.8. The van der Waals surface area contributed by atoms with Crippen molar-refractivity contribution in [3.8, 4) is 0 Å². The fraction of sp³-hybridized carbons (Fsp3) is 0.773. The Labute approximate surface area is 147 Å². The van der Waals surface area contributed by atoms with Gasteiger partial charge >= 0.3 is 5.97 Å². The van der Waals surface area contributed by atoms with Gasteiger partial charge in [-0.05, 0) is 67.1 Å². The van der Waals surface area contributed by atoms with Crippen molar-refractivity contribution in [2.75, 3.05) is 0 Å². The van der Waals surface area contributed by atoms with Crippen molar-refractivity contribution in [1.82, 2.24) is 0 Å². The van der Waals surface area contributed by atoms with E-state index < -0.39 is 11.4 Å². The molecule has 1 N–H and O–H groups in total. The van der Waals surface area contributed by atoms with Gasteiger partial charge < -0.3 is 5.11 Å². The van der Waals surface area contributed by atoms with Crippen molar-refractivity contribution in [2.24, 2.45) is 34.0 Å². The summed E-state index contributed by atoms with van der Waals surface area (Å²) in [6.07, 6.45) is 11.8. The lowest BCUT2D eigenvalue weighted by Crippen LogP contribution is -2.54. The van der Waals surface area contributed by atoms with Crippen LogP contribution in [-0.4, -0.2) is 11.1 Å². The lowest BCUT2D eigenvalue weighted by Gasteiger charge is -2.59. The average molecular weight is 331 g/mol. The summed E-state index contributed by atoms with van der Waals surface area (Å²) in [6, 6.07) is 0. The molecular formula is C22H34O2. The molecule has 3 rings (SSSR count). The first-order chi connectivity index (χ1) is 11.2. The molecule has 0 heterocycles. The molecule has 2 saturated carbocycles. The van der Waals surface area contributed by atoms with E-state index in [9.17, 15) is 9.90 Å². The second-order valence-corrected chi connectivity index (χ2v) is 9.47. The fourth-order valence-electron chi connectivity index (χ4n) is 6.29. The highest BCUT2D eigenvalue weighted by Crippen LogP contribution is 2.64. The third-order valence-electron chi connectivity index (χ3n) is 8.26. The zero-order valence-corrected chi connectivity index (χ0v) is 15.9. The summed E-state index contributed by atoms with van der Waals surface area (Å²) in [4.78, 5) is 12.2. The second kappa shape index (κ2) is 5.75. The number of hydrogen-bond donors (Lipinski definition) is 1. The Morgan fingerprint density at radius 3 is 2.58 bits per heavy atom. The van der Waals surface area contributed by atoms with Gasteiger partial charge in [-0.2, -0.15) is 0 Å². The molecule has 0 aliphatic heterocycles. The lowest BCUT2D eigenvalue weighted by molar-refractivity contribution is -0.160. The number of allylic oxidation sites excluding steroid dienone is 2. The van der Waals surface area contributed by atoms with Crippen LogP contribution in [0, 0.1) is 34.0 Å². The summed E-state index contributed by atoms with van der Waals surface area (Å²) < 4.78 is 0. The van der Waals surface area contributed by atoms with E-state index in [1.54, 1.807) is 11.6 Å². The predicted octanol–water partition coefficient (Wildman–Crippen LogP) is 5.84. The van der Waals surface area contributed by atoms with Gasteiger partial charge in [0.15, 0.2) is 0 Å². The van der Waals surface area contributed by atoms with Crippen molar-refractivity contribution in [2.45, 2.75) is 72.6 Å². The number of rotatable bonds is 3. The Bertz CT molecular complexity index is 575. The smallest absolute Gasteiger partial charge is 0.313 e. The molecular weight excluding hydrogens is 296 g/mol. The van der Waals surface area contributed by atoms with Gasteiger partial charge in [0.2, 0.25) is 0 Å². The monoisotopic (exact) mass is 330 g/mol. The third kappa shape index (κ3) is 2.32. The summed E-state index contributed by atoms with van der Waals surface area (Å²) in [5.41, 5.74) is 1.35. The van der Waals surface area contributed by atoms with Gasteiger partial charge in [-0.25, -0.2) is 0 Å². The zero-order valence-electron chi connectivity index (χ0n) is 15.9. The highest BCUT2D eigenvalue weighted by atomic mass is 16.4. The van der Waals surface area contributed by atoms with Gasteiger partial charge in [0.05, 0.1) is 5.41 Å². The van der Waals surface area contributed by atoms with Crippen molar-refractivity contribution in [1.29, 1.82) is 0 Å². The number of aliphatic carboxylic acids is 1. The van der Waals surface area contributed by atoms with Crippen LogP contribution >= 0.6 is 0 Å². The van der Waals surface area contributed by atoms with Crippen molar-refractivity contribution >= 4 is 5.97 Å². The first-order valence-corrected chi connectivity index (χ1v) is 9.78. The zero-order chi connectivity index (χ0) is 17.8. The van der Waals surface area contributed by atoms with Gasteiger partial charge in [-0.15, -0.1) is 6.58 Å². The first-order valence-electron chi connectivity index (χ1n) is 9.78. The normalized spacial score (nSPS) is 45.1. The van der Waals surface area contributed by atoms with E-state index in [1.807, 2.05) is 0 Å². The summed E-state index contributed by atoms with van der Waals surface area (Å²) in [5.74, 6) is 0.819. The maximum Gasteiger partial charge on any atom is 0.313 e. The molecule has 0 spiro atoms. The highest BCUT2D eigenvalue weighted by molar-refractivity contribution is 5.78. The van der Waals surface area contributed by atoms with E-state index in [0.717, 1.165) is 25.7 Å². The van der Waals surface area contributed by atoms with Gasteiger partial charge in [0.1, 0.15) is 0 Å². The minimum Gasteiger partial charge on any atom is -0.481 e. The quantitative estimate of drug-likeness (QED) is 0.660. The van der Waals surface area contributed by atoms with E-state index in [2.05, 4.69) is 40.3 Å². The minimum absolute atomic E-state index is 0.118. The van der Waals surface area contributed by atoms with Crippen LogP contribution < -0.4 is 0 Å². The van der Waals surface area contributed by atoms with E-state index in [1.165, 1.54) is 19.3 Å². The van der Waals surface area contributed by atoms with Crippen molar-refractivity contribution in [3.63, 3.8) is 0 Å². The molecule has 0 aromatic heterocycles. The molecule has 2 nitrogen and oxygen atoms in total. The van der Waals surface area contributed by atoms with Gasteiger partial charge in [-0.3, -0.25) is 4.79 Å². The maximum atomic E-state index is 12.2. The molecule has 3 aliphatic rings. The van der Waals surface area contributed by atoms with Crippen LogP contribution in [0.3, 0.4) is 0 Å². The van der Waals surface area contributed by atoms with E-state index in [0.29, 0.717) is 17.3 Å². The summed E-state index contributed by atoms with van der Waals surface area (Å²) in [7, 11) is 0. The maximum absolute atomic E-state index is 12.2. The number of carboxylic acid groups (broad SMARTS) is 1. The molecule has 0 radical (unpaired) electrons. The number of hydrogen-bond acceptors (Lipinski definition) is 1. The van der Waals surface area contributed by atoms with Crippen molar-refractivity contribution < 1.29 is 9.90 Å². The topological polar surface area (TPSA) is 37.3 Å². The van der Waals surface area contributed by atoms with Crippen LogP contribution in [0.4, 0.5) is 0 Å². The van der Waals surface area contributed by atoms with Crippen LogP contribution in [0.25, 0.3) is 0 Å². The molecule has 0 amide bonds. The van der Waals surface area contributed by atoms with Crippen LogP contribution in [0.5, 0.6) is 0 Å². The summed E-state index contributed by atoms with van der Waals surface area (Å²) in [5, 5.41) is 10.0. The molecule has 0 bridgehead atoms. The van der Waals surface area contributed by atoms with Gasteiger partial charge in [0.25, 0.3) is 0 Å². The van der Waals surface area contributed by atoms with E-state index in [-0.39, 0.29) is 11.3 Å². The lowest BCUT2D eigenvalue weighted by atomic mass is 9.44. The Morgan fingerprint density at radius 2 is 2.00 bits per heavy atom. The van der Waals surface area contributed by atoms with Crippen LogP contribution in [0.15, 0.2) is 24.3 Å². The Kier molecular flexibility index (Phi) is 4.25. The molecule has 2 fully saturated rings. The Hall–Kier alpha value is -1.05. The number of carbonyl (C=O) groups is 1. The van der Waals surface area contributed by atoms with E-state index >= 15 is 0 Å². The minimum atomic E-state index is -0.711. The standard InChI is InChI=1S/C22H34O2/c1-6-22(19(23)24)12-7-11-21(5)17-10-13-20(4,15(2)3)14-16(17)8-9-18(21)22/h6,14-15,17-18H,1,7-13H2,2-5H3,(H,23,24). The Morgan fingerprint density at radius 1 is 1.29 bits per heavy atom. The molecule has 5 unspecified atom stereocenters. The Balaban J connectivity index is 2.00. The average Bonchev–Trinajstić information content (AvgIpc) is 2.52. The van der Waals surface area contributed by atoms with Crippen LogP contribution in [0.1, 0.15) is 72.6 Å². The molecule has 3 aliphatic carbocycles. The molecule has 134 valence electrons. The van der Waals surface area contributed by atoms with Gasteiger partial charge in [0, 0.05) is 0 Å². The third-order valence-corrected chi connectivity index (χ3v) is 8.26. The SMILES string of the molecule is C=CC1(C(=O)O)CCCC2(C)C3CCC(C)(C(C)C)C=C3CCC12. The number of carboxylic acids is 1. The molecule has 2 heteroatoms. The predicted molar refractivity (Wildman–Crippen MR) is 98.7 cm³/mol. The van der Waals surface area contributed by atoms with Crippen LogP contribution in [0.2, 0.25) is 0 Å². The highest BCUT2D eigenvalue weighted by Gasteiger charge is 2.59. The molecule has 5 atom stereocenters. The van der Waals surface area contributed by atoms with E-state index in [4.69, 9.17) is 0 Å². The molecule has 0 saturated heterocycles.